The van der Waals surface area contributed by atoms with Crippen molar-refractivity contribution in [2.24, 2.45) is 0 Å². The minimum Gasteiger partial charge on any atom is -0.444 e. The van der Waals surface area contributed by atoms with E-state index in [1.165, 1.54) is 12.1 Å². The van der Waals surface area contributed by atoms with E-state index >= 15 is 0 Å². The number of benzene rings is 1. The first-order chi connectivity index (χ1) is 15.2. The number of amides is 1. The fraction of sp³-hybridized carbons (Fsp3) is 0.609. The third kappa shape index (κ3) is 6.69. The summed E-state index contributed by atoms with van der Waals surface area (Å²) in [4.78, 5) is 18.7. The Morgan fingerprint density at radius 1 is 1.24 bits per heavy atom. The highest BCUT2D eigenvalue weighted by Gasteiger charge is 2.37. The molecule has 1 unspecified atom stereocenters. The maximum absolute atomic E-state index is 13.2. The van der Waals surface area contributed by atoms with Gasteiger partial charge in [-0.1, -0.05) is 17.3 Å². The highest BCUT2D eigenvalue weighted by molar-refractivity contribution is 5.68. The van der Waals surface area contributed by atoms with Crippen molar-refractivity contribution < 1.29 is 27.2 Å². The molecule has 1 amide bonds. The Kier molecular flexibility index (Phi) is 6.79. The molecule has 7 nitrogen and oxygen atoms in total. The molecule has 1 aliphatic rings. The molecule has 1 aromatic heterocycles. The lowest BCUT2D eigenvalue weighted by molar-refractivity contribution is -0.137. The van der Waals surface area contributed by atoms with Crippen LogP contribution in [0.5, 0.6) is 0 Å². The van der Waals surface area contributed by atoms with Crippen molar-refractivity contribution >= 4 is 6.09 Å². The summed E-state index contributed by atoms with van der Waals surface area (Å²) in [7, 11) is 0. The van der Waals surface area contributed by atoms with Crippen molar-refractivity contribution in [1.29, 1.82) is 0 Å². The number of hydrogen-bond donors (Lipinski definition) is 1. The summed E-state index contributed by atoms with van der Waals surface area (Å²) in [6.45, 7) is 10.9. The summed E-state index contributed by atoms with van der Waals surface area (Å²) in [5, 5.41) is 6.75. The van der Waals surface area contributed by atoms with Gasteiger partial charge in [0.2, 0.25) is 5.89 Å². The van der Waals surface area contributed by atoms with Crippen LogP contribution in [0.4, 0.5) is 18.0 Å². The lowest BCUT2D eigenvalue weighted by Crippen LogP contribution is -2.44. The summed E-state index contributed by atoms with van der Waals surface area (Å²) in [5.74, 6) is 0.612. The largest absolute Gasteiger partial charge is 0.444 e. The summed E-state index contributed by atoms with van der Waals surface area (Å²) >= 11 is 0. The van der Waals surface area contributed by atoms with E-state index in [2.05, 4.69) is 20.4 Å². The van der Waals surface area contributed by atoms with Crippen LogP contribution in [-0.4, -0.2) is 32.8 Å². The molecule has 3 rings (SSSR count). The Bertz CT molecular complexity index is 978. The number of hydrogen-bond acceptors (Lipinski definition) is 6. The zero-order chi connectivity index (χ0) is 24.6. The average Bonchev–Trinajstić information content (AvgIpc) is 3.40. The second kappa shape index (κ2) is 8.96. The van der Waals surface area contributed by atoms with Crippen LogP contribution in [0, 0.1) is 0 Å². The van der Waals surface area contributed by atoms with Crippen LogP contribution >= 0.6 is 0 Å². The summed E-state index contributed by atoms with van der Waals surface area (Å²) in [6, 6.07) is 5.34. The van der Waals surface area contributed by atoms with Gasteiger partial charge in [0.05, 0.1) is 12.1 Å². The van der Waals surface area contributed by atoms with E-state index < -0.39 is 29.0 Å². The predicted octanol–water partition coefficient (Wildman–Crippen LogP) is 5.57. The molecule has 0 bridgehead atoms. The Hall–Kier alpha value is -2.62. The van der Waals surface area contributed by atoms with Gasteiger partial charge in [-0.2, -0.15) is 18.2 Å². The Morgan fingerprint density at radius 2 is 1.91 bits per heavy atom. The molecule has 0 radical (unpaired) electrons. The van der Waals surface area contributed by atoms with E-state index in [9.17, 15) is 18.0 Å². The normalized spacial score (nSPS) is 16.1. The number of alkyl halides is 3. The number of alkyl carbamates (subject to hydrolysis) is 1. The van der Waals surface area contributed by atoms with Crippen LogP contribution in [0.2, 0.25) is 0 Å². The highest BCUT2D eigenvalue weighted by Crippen LogP contribution is 2.37. The Morgan fingerprint density at radius 3 is 2.48 bits per heavy atom. The van der Waals surface area contributed by atoms with Gasteiger partial charge in [0, 0.05) is 12.1 Å². The van der Waals surface area contributed by atoms with Crippen molar-refractivity contribution in [1.82, 2.24) is 20.4 Å². The Balaban J connectivity index is 1.73. The van der Waals surface area contributed by atoms with Crippen LogP contribution < -0.4 is 5.32 Å². The molecule has 1 heterocycles. The molecule has 33 heavy (non-hydrogen) atoms. The van der Waals surface area contributed by atoms with Gasteiger partial charge in [0.25, 0.3) is 0 Å². The second-order valence-corrected chi connectivity index (χ2v) is 9.97. The predicted molar refractivity (Wildman–Crippen MR) is 115 cm³/mol. The van der Waals surface area contributed by atoms with Crippen molar-refractivity contribution in [3.8, 4) is 0 Å². The maximum atomic E-state index is 13.2. The van der Waals surface area contributed by atoms with Gasteiger partial charge in [-0.15, -0.1) is 0 Å². The maximum Gasteiger partial charge on any atom is 0.416 e. The van der Waals surface area contributed by atoms with E-state index in [0.29, 0.717) is 11.5 Å². The zero-order valence-corrected chi connectivity index (χ0v) is 19.8. The van der Waals surface area contributed by atoms with Crippen LogP contribution in [0.25, 0.3) is 0 Å². The Labute approximate surface area is 191 Å². The number of rotatable bonds is 7. The number of halogens is 3. The number of nitrogens with one attached hydrogen (secondary N) is 1. The standard InChI is InChI=1S/C23H31F3N4O3/c1-14(15-8-7-9-16(12-15)23(24,25)26)30(17-10-11-17)13-18-27-19(29-33-18)22(5,6)28-20(31)32-21(2,3)4/h7-9,12,14,17H,10-11,13H2,1-6H3,(H,28,31). The van der Waals surface area contributed by atoms with Gasteiger partial charge < -0.3 is 14.6 Å². The molecule has 1 fully saturated rings. The van der Waals surface area contributed by atoms with Gasteiger partial charge in [-0.3, -0.25) is 4.90 Å². The summed E-state index contributed by atoms with van der Waals surface area (Å²) in [5.41, 5.74) is -1.69. The molecule has 1 aliphatic carbocycles. The van der Waals surface area contributed by atoms with E-state index in [-0.39, 0.29) is 24.5 Å². The number of aromatic nitrogens is 2. The van der Waals surface area contributed by atoms with E-state index in [1.54, 1.807) is 40.7 Å². The van der Waals surface area contributed by atoms with Gasteiger partial charge in [0.1, 0.15) is 11.1 Å². The fourth-order valence-corrected chi connectivity index (χ4v) is 3.50. The third-order valence-corrected chi connectivity index (χ3v) is 5.37. The minimum absolute atomic E-state index is 0.234. The van der Waals surface area contributed by atoms with Crippen LogP contribution in [-0.2, 0) is 23.0 Å². The van der Waals surface area contributed by atoms with Crippen molar-refractivity contribution in [3.05, 3.63) is 47.1 Å². The quantitative estimate of drug-likeness (QED) is 0.572. The fourth-order valence-electron chi connectivity index (χ4n) is 3.50. The summed E-state index contributed by atoms with van der Waals surface area (Å²) in [6.07, 6.45) is -3.09. The molecule has 1 atom stereocenters. The molecular weight excluding hydrogens is 437 g/mol. The second-order valence-electron chi connectivity index (χ2n) is 9.97. The van der Waals surface area contributed by atoms with Gasteiger partial charge in [0.15, 0.2) is 5.82 Å². The van der Waals surface area contributed by atoms with E-state index in [0.717, 1.165) is 18.9 Å². The van der Waals surface area contributed by atoms with E-state index in [1.807, 2.05) is 6.92 Å². The molecular formula is C23H31F3N4O3. The van der Waals surface area contributed by atoms with E-state index in [4.69, 9.17) is 9.26 Å². The SMILES string of the molecule is CC(c1cccc(C(F)(F)F)c1)N(Cc1nc(C(C)(C)NC(=O)OC(C)(C)C)no1)C1CC1. The molecule has 2 aromatic rings. The van der Waals surface area contributed by atoms with Crippen LogP contribution in [0.1, 0.15) is 83.3 Å². The monoisotopic (exact) mass is 468 g/mol. The number of ether oxygens (including phenoxy) is 1. The first kappa shape index (κ1) is 25.0. The van der Waals surface area contributed by atoms with Crippen molar-refractivity contribution in [3.63, 3.8) is 0 Å². The molecule has 182 valence electrons. The lowest BCUT2D eigenvalue weighted by atomic mass is 10.0. The molecule has 10 heteroatoms. The molecule has 1 N–H and O–H groups in total. The first-order valence-electron chi connectivity index (χ1n) is 10.9. The van der Waals surface area contributed by atoms with Crippen molar-refractivity contribution in [2.75, 3.05) is 0 Å². The number of nitrogens with zero attached hydrogens (tertiary/aromatic N) is 3. The minimum atomic E-state index is -4.39. The smallest absolute Gasteiger partial charge is 0.416 e. The van der Waals surface area contributed by atoms with Gasteiger partial charge >= 0.3 is 12.3 Å². The number of carbonyl (C=O) groups excluding carboxylic acids is 1. The summed E-state index contributed by atoms with van der Waals surface area (Å²) < 4.78 is 50.2. The molecule has 0 spiro atoms. The molecule has 0 saturated heterocycles. The number of carbonyl (C=O) groups is 1. The molecule has 1 saturated carbocycles. The first-order valence-corrected chi connectivity index (χ1v) is 10.9. The van der Waals surface area contributed by atoms with Crippen LogP contribution in [0.3, 0.4) is 0 Å². The highest BCUT2D eigenvalue weighted by atomic mass is 19.4. The zero-order valence-electron chi connectivity index (χ0n) is 19.8. The lowest BCUT2D eigenvalue weighted by Gasteiger charge is -2.28. The molecule has 0 aliphatic heterocycles. The van der Waals surface area contributed by atoms with Crippen LogP contribution in [0.15, 0.2) is 28.8 Å². The molecule has 1 aromatic carbocycles. The van der Waals surface area contributed by atoms with Gasteiger partial charge in [-0.25, -0.2) is 4.79 Å². The third-order valence-electron chi connectivity index (χ3n) is 5.37. The van der Waals surface area contributed by atoms with Crippen molar-refractivity contribution in [2.45, 2.75) is 90.3 Å². The average molecular weight is 469 g/mol. The van der Waals surface area contributed by atoms with Gasteiger partial charge in [-0.05, 0) is 72.1 Å². The topological polar surface area (TPSA) is 80.5 Å².